The maximum Gasteiger partial charge on any atom is 1.00 e. The molecule has 0 aromatic heterocycles. The summed E-state index contributed by atoms with van der Waals surface area (Å²) in [5, 5.41) is 8.61. The molecular weight excluding hydrogens is 127 g/mol. The minimum absolute atomic E-state index is 0. The number of nitrogens with zero attached hydrogens (tertiary/aromatic N) is 1. The van der Waals surface area contributed by atoms with Gasteiger partial charge in [0.25, 0.3) is 0 Å². The van der Waals surface area contributed by atoms with Crippen LogP contribution in [0.3, 0.4) is 0 Å². The molecule has 3 heteroatoms. The molecule has 0 saturated heterocycles. The normalized spacial score (nSPS) is 1.75. The molecule has 0 aromatic rings. The number of hydrogen-bond acceptors (Lipinski definition) is 1. The van der Waals surface area contributed by atoms with Crippen LogP contribution in [0.15, 0.2) is 0 Å². The van der Waals surface area contributed by atoms with Gasteiger partial charge in [-0.15, -0.1) is 0 Å². The fraction of sp³-hybridized carbons (Fsp3) is 0. The second-order valence-electron chi connectivity index (χ2n) is 0.100. The van der Waals surface area contributed by atoms with E-state index < -0.39 is 0 Å². The van der Waals surface area contributed by atoms with Gasteiger partial charge >= 0.3 is 58.2 Å². The molecule has 0 heterocycles. The van der Waals surface area contributed by atoms with Gasteiger partial charge in [0.05, 0.1) is 0 Å². The van der Waals surface area contributed by atoms with E-state index in [0.29, 0.717) is 0 Å². The van der Waals surface area contributed by atoms with Gasteiger partial charge in [0, 0.05) is 0 Å². The Kier molecular flexibility index (Phi) is 19.9. The van der Waals surface area contributed by atoms with Gasteiger partial charge in [-0.05, 0) is 5.01 Å². The van der Waals surface area contributed by atoms with Crippen molar-refractivity contribution in [3.05, 3.63) is 11.6 Å². The van der Waals surface area contributed by atoms with Crippen LogP contribution in [0.5, 0.6) is 0 Å². The van der Waals surface area contributed by atoms with E-state index in [1.807, 2.05) is 0 Å². The van der Waals surface area contributed by atoms with E-state index >= 15 is 0 Å². The Morgan fingerprint density at radius 1 is 1.75 bits per heavy atom. The summed E-state index contributed by atoms with van der Waals surface area (Å²) in [5.41, 5.74) is 0. The zero-order valence-electron chi connectivity index (χ0n) is 2.39. The van der Waals surface area contributed by atoms with Gasteiger partial charge in [-0.3, -0.25) is 0 Å². The summed E-state index contributed by atoms with van der Waals surface area (Å²) >= 11 is 0. The van der Waals surface area contributed by atoms with E-state index in [1.54, 1.807) is 5.01 Å². The van der Waals surface area contributed by atoms with Crippen molar-refractivity contribution >= 4 is 0 Å². The molecule has 0 unspecified atom stereocenters. The Morgan fingerprint density at radius 3 is 1.75 bits per heavy atom. The summed E-state index contributed by atoms with van der Waals surface area (Å²) in [7, 11) is 0. The average molecular weight is 128 g/mol. The number of hydrogen-bond donors (Lipinski definition) is 1. The van der Waals surface area contributed by atoms with Gasteiger partial charge in [-0.25, -0.2) is 5.21 Å². The summed E-state index contributed by atoms with van der Waals surface area (Å²) in [4.78, 5) is 0. The van der Waals surface area contributed by atoms with Gasteiger partial charge < -0.3 is 0 Å². The molecule has 0 bridgehead atoms. The zero-order valence-corrected chi connectivity index (χ0v) is 7.31. The van der Waals surface area contributed by atoms with E-state index in [9.17, 15) is 0 Å². The van der Waals surface area contributed by atoms with Crippen LogP contribution in [0.2, 0.25) is 0 Å². The van der Waals surface area contributed by atoms with Crippen molar-refractivity contribution in [2.45, 2.75) is 0 Å². The molecule has 0 rings (SSSR count). The predicted octanol–water partition coefficient (Wildman–Crippen LogP) is -2.70. The Bertz CT molecular complexity index is 29.5. The molecule has 0 aliphatic heterocycles. The molecule has 0 atom stereocenters. The molecule has 16 valence electrons. The third kappa shape index (κ3) is 11.3. The topological polar surface area (TPSA) is 24.6 Å². The van der Waals surface area contributed by atoms with Crippen molar-refractivity contribution in [3.8, 4) is 0 Å². The van der Waals surface area contributed by atoms with Crippen molar-refractivity contribution < 1.29 is 63.4 Å². The minimum atomic E-state index is 0. The third-order valence-electron chi connectivity index (χ3n) is 0. The molecule has 0 amide bonds. The van der Waals surface area contributed by atoms with Gasteiger partial charge in [0.2, 0.25) is 0 Å². The van der Waals surface area contributed by atoms with E-state index in [-0.39, 0.29) is 58.2 Å². The maximum absolute atomic E-state index is 6.86. The van der Waals surface area contributed by atoms with Crippen molar-refractivity contribution in [3.63, 3.8) is 0 Å². The van der Waals surface area contributed by atoms with E-state index in [0.717, 1.165) is 0 Å². The second-order valence-corrected chi connectivity index (χ2v) is 0.100. The second kappa shape index (κ2) is 8.94. The van der Waals surface area contributed by atoms with Crippen LogP contribution in [-0.4, -0.2) is 5.21 Å². The molecule has 0 aliphatic carbocycles. The molecule has 2 nitrogen and oxygen atoms in total. The summed E-state index contributed by atoms with van der Waals surface area (Å²) in [6.07, 6.45) is 0. The molecule has 0 aromatic carbocycles. The molecule has 0 fully saturated rings. The van der Waals surface area contributed by atoms with Gasteiger partial charge in [-0.2, -0.15) is 6.57 Å². The van der Waals surface area contributed by atoms with Crippen LogP contribution in [0, 0.1) is 6.57 Å². The van der Waals surface area contributed by atoms with E-state index in [2.05, 4.69) is 0 Å². The van der Waals surface area contributed by atoms with Crippen LogP contribution < -0.4 is 58.2 Å². The van der Waals surface area contributed by atoms with Crippen molar-refractivity contribution in [2.75, 3.05) is 0 Å². The van der Waals surface area contributed by atoms with Crippen molar-refractivity contribution in [2.24, 2.45) is 0 Å². The molecule has 4 heavy (non-hydrogen) atoms. The summed E-state index contributed by atoms with van der Waals surface area (Å²) in [5.74, 6) is 0. The third-order valence-corrected chi connectivity index (χ3v) is 0. The average Bonchev–Trinajstić information content (AvgIpc) is 0.918. The largest absolute Gasteiger partial charge is 1.00 e. The van der Waals surface area contributed by atoms with Crippen LogP contribution in [-0.2, 0) is 0 Å². The first-order chi connectivity index (χ1) is 1.41. The quantitative estimate of drug-likeness (QED) is 0.279. The van der Waals surface area contributed by atoms with Crippen LogP contribution >= 0.6 is 0 Å². The summed E-state index contributed by atoms with van der Waals surface area (Å²) < 4.78 is 0. The molecule has 1 N–H and O–H groups in total. The number of rotatable bonds is 0. The first-order valence-electron chi connectivity index (χ1n) is 0.424. The summed E-state index contributed by atoms with van der Waals surface area (Å²) in [6, 6.07) is 0. The first-order valence-corrected chi connectivity index (χ1v) is 0.424. The maximum atomic E-state index is 6.86. The minimum Gasteiger partial charge on any atom is -0.213 e. The summed E-state index contributed by atoms with van der Waals surface area (Å²) in [6.45, 7) is 5.39. The Labute approximate surface area is 73.4 Å². The predicted molar refractivity (Wildman–Crippen MR) is 8.39 cm³/mol. The zero-order chi connectivity index (χ0) is 2.71. The van der Waals surface area contributed by atoms with Crippen LogP contribution in [0.4, 0.5) is 0 Å². The van der Waals surface area contributed by atoms with Gasteiger partial charge in [0.1, 0.15) is 0 Å². The van der Waals surface area contributed by atoms with E-state index in [1.165, 1.54) is 0 Å². The van der Waals surface area contributed by atoms with Crippen LogP contribution in [0.1, 0.15) is 0 Å². The Morgan fingerprint density at radius 2 is 1.75 bits per heavy atom. The smallest absolute Gasteiger partial charge is 0.213 e. The first kappa shape index (κ1) is 8.92. The van der Waals surface area contributed by atoms with Crippen molar-refractivity contribution in [1.29, 1.82) is 0 Å². The molecule has 0 radical (unpaired) electrons. The standard InChI is InChI=1S/CHNO.Rb/c1-2-3;/h3H;/q;+1. The molecular formula is CHNORb+. The Hall–Kier alpha value is 1.10. The molecule has 0 spiro atoms. The van der Waals surface area contributed by atoms with E-state index in [4.69, 9.17) is 11.8 Å². The fourth-order valence-corrected chi connectivity index (χ4v) is 0. The molecule has 0 aliphatic rings. The SMILES string of the molecule is [C-]#[N+]O.[Rb+]. The van der Waals surface area contributed by atoms with Crippen molar-refractivity contribution in [1.82, 2.24) is 0 Å². The van der Waals surface area contributed by atoms with Crippen LogP contribution in [0.25, 0.3) is 5.01 Å². The van der Waals surface area contributed by atoms with Gasteiger partial charge in [0.15, 0.2) is 0 Å². The fourth-order valence-electron chi connectivity index (χ4n) is 0. The van der Waals surface area contributed by atoms with Gasteiger partial charge in [-0.1, -0.05) is 0 Å². The molecule has 0 saturated carbocycles. The monoisotopic (exact) mass is 128 g/mol. The Balaban J connectivity index is 0.